The van der Waals surface area contributed by atoms with Gasteiger partial charge < -0.3 is 4.57 Å². The molecule has 9 aromatic carbocycles. The number of aromatic nitrogens is 1. The Balaban J connectivity index is 1.18. The maximum atomic E-state index is 5.55. The van der Waals surface area contributed by atoms with E-state index >= 15 is 0 Å². The lowest BCUT2D eigenvalue weighted by molar-refractivity contribution is 1.00. The fourth-order valence-electron chi connectivity index (χ4n) is 9.08. The van der Waals surface area contributed by atoms with Crippen LogP contribution >= 0.6 is 0 Å². The summed E-state index contributed by atoms with van der Waals surface area (Å²) >= 11 is 0. The smallest absolute Gasteiger partial charge is 0.160 e. The SMILES string of the molecule is C/C1=C(c2ccccc2)/N=C(c2cccc3c4ccccc4c4ccc(-c5ccc6c(c5)c5ccccc5n6-c5ccccc5)cc4c23)\N=C(\c2ccccc2)CC1. The predicted molar refractivity (Wildman–Crippen MR) is 247 cm³/mol. The average molecular weight is 742 g/mol. The van der Waals surface area contributed by atoms with E-state index in [9.17, 15) is 0 Å². The monoisotopic (exact) mass is 741 g/mol. The van der Waals surface area contributed by atoms with Crippen LogP contribution in [0.4, 0.5) is 0 Å². The maximum Gasteiger partial charge on any atom is 0.160 e. The molecule has 0 saturated heterocycles. The summed E-state index contributed by atoms with van der Waals surface area (Å²) in [5, 5.41) is 9.72. The summed E-state index contributed by atoms with van der Waals surface area (Å²) in [7, 11) is 0. The van der Waals surface area contributed by atoms with Crippen molar-refractivity contribution in [3.63, 3.8) is 0 Å². The van der Waals surface area contributed by atoms with Crippen LogP contribution in [-0.4, -0.2) is 16.1 Å². The lowest BCUT2D eigenvalue weighted by Gasteiger charge is -2.19. The summed E-state index contributed by atoms with van der Waals surface area (Å²) in [4.78, 5) is 11.1. The molecule has 1 aromatic heterocycles. The second kappa shape index (κ2) is 14.0. The van der Waals surface area contributed by atoms with Crippen LogP contribution in [-0.2, 0) is 0 Å². The van der Waals surface area contributed by atoms with Gasteiger partial charge in [-0.25, -0.2) is 9.98 Å². The zero-order valence-electron chi connectivity index (χ0n) is 32.2. The molecule has 0 fully saturated rings. The van der Waals surface area contributed by atoms with Crippen molar-refractivity contribution in [2.75, 3.05) is 0 Å². The molecular formula is C55H39N3. The van der Waals surface area contributed by atoms with Crippen LogP contribution in [0.2, 0.25) is 0 Å². The summed E-state index contributed by atoms with van der Waals surface area (Å²) < 4.78 is 2.38. The van der Waals surface area contributed by atoms with E-state index in [1.54, 1.807) is 0 Å². The quantitative estimate of drug-likeness (QED) is 0.157. The summed E-state index contributed by atoms with van der Waals surface area (Å²) in [6, 6.07) is 70.0. The van der Waals surface area contributed by atoms with Crippen molar-refractivity contribution in [3.05, 3.63) is 216 Å². The molecule has 274 valence electrons. The summed E-state index contributed by atoms with van der Waals surface area (Å²) in [5.41, 5.74) is 12.5. The Kier molecular flexibility index (Phi) is 8.18. The molecule has 58 heavy (non-hydrogen) atoms. The third-order valence-electron chi connectivity index (χ3n) is 11.9. The molecule has 1 aliphatic rings. The molecule has 0 aliphatic carbocycles. The van der Waals surface area contributed by atoms with Gasteiger partial charge in [-0.1, -0.05) is 158 Å². The summed E-state index contributed by atoms with van der Waals surface area (Å²) in [5.74, 6) is 0.736. The molecule has 0 spiro atoms. The molecule has 0 amide bonds. The fourth-order valence-corrected chi connectivity index (χ4v) is 9.08. The van der Waals surface area contributed by atoms with E-state index in [1.165, 1.54) is 70.8 Å². The van der Waals surface area contributed by atoms with Crippen LogP contribution in [0.1, 0.15) is 36.5 Å². The number of para-hydroxylation sites is 2. The lowest BCUT2D eigenvalue weighted by atomic mass is 9.89. The second-order valence-electron chi connectivity index (χ2n) is 15.3. The number of hydrogen-bond donors (Lipinski definition) is 0. The Morgan fingerprint density at radius 3 is 1.72 bits per heavy atom. The Hall–Kier alpha value is -7.36. The summed E-state index contributed by atoms with van der Waals surface area (Å²) in [6.07, 6.45) is 1.71. The summed E-state index contributed by atoms with van der Waals surface area (Å²) in [6.45, 7) is 2.23. The van der Waals surface area contributed by atoms with Gasteiger partial charge in [0.2, 0.25) is 0 Å². The highest BCUT2D eigenvalue weighted by Crippen LogP contribution is 2.41. The molecule has 11 rings (SSSR count). The molecule has 10 aromatic rings. The number of allylic oxidation sites excluding steroid dienone is 1. The number of amidine groups is 1. The molecule has 0 bridgehead atoms. The predicted octanol–water partition coefficient (Wildman–Crippen LogP) is 14.4. The van der Waals surface area contributed by atoms with Crippen LogP contribution in [0.3, 0.4) is 0 Å². The van der Waals surface area contributed by atoms with Gasteiger partial charge in [0.15, 0.2) is 5.84 Å². The van der Waals surface area contributed by atoms with Gasteiger partial charge in [0, 0.05) is 33.0 Å². The van der Waals surface area contributed by atoms with E-state index in [2.05, 4.69) is 206 Å². The Morgan fingerprint density at radius 2 is 0.966 bits per heavy atom. The Morgan fingerprint density at radius 1 is 0.397 bits per heavy atom. The number of rotatable bonds is 5. The molecule has 0 radical (unpaired) electrons. The van der Waals surface area contributed by atoms with Gasteiger partial charge in [0.25, 0.3) is 0 Å². The third kappa shape index (κ3) is 5.66. The van der Waals surface area contributed by atoms with E-state index in [1.807, 2.05) is 0 Å². The van der Waals surface area contributed by atoms with Crippen LogP contribution in [0.5, 0.6) is 0 Å². The fraction of sp³-hybridized carbons (Fsp3) is 0.0545. The largest absolute Gasteiger partial charge is 0.309 e. The first-order valence-electron chi connectivity index (χ1n) is 20.1. The second-order valence-corrected chi connectivity index (χ2v) is 15.3. The molecule has 0 unspecified atom stereocenters. The van der Waals surface area contributed by atoms with Gasteiger partial charge in [0.05, 0.1) is 22.4 Å². The molecule has 0 saturated carbocycles. The number of benzene rings is 9. The van der Waals surface area contributed by atoms with Crippen molar-refractivity contribution in [2.24, 2.45) is 9.98 Å². The highest BCUT2D eigenvalue weighted by Gasteiger charge is 2.21. The molecular weight excluding hydrogens is 703 g/mol. The molecule has 2 heterocycles. The topological polar surface area (TPSA) is 29.6 Å². The van der Waals surface area contributed by atoms with Gasteiger partial charge >= 0.3 is 0 Å². The Bertz CT molecular complexity index is 3310. The van der Waals surface area contributed by atoms with Crippen molar-refractivity contribution >= 4 is 71.4 Å². The maximum absolute atomic E-state index is 5.55. The lowest BCUT2D eigenvalue weighted by Crippen LogP contribution is -2.11. The van der Waals surface area contributed by atoms with Gasteiger partial charge in [-0.05, 0) is 105 Å². The first-order chi connectivity index (χ1) is 28.7. The number of hydrogen-bond acceptors (Lipinski definition) is 2. The highest BCUT2D eigenvalue weighted by atomic mass is 15.0. The van der Waals surface area contributed by atoms with E-state index in [0.717, 1.165) is 52.5 Å². The van der Waals surface area contributed by atoms with E-state index in [4.69, 9.17) is 9.98 Å². The van der Waals surface area contributed by atoms with Gasteiger partial charge in [-0.3, -0.25) is 0 Å². The molecule has 1 aliphatic heterocycles. The highest BCUT2D eigenvalue weighted by molar-refractivity contribution is 6.31. The van der Waals surface area contributed by atoms with Gasteiger partial charge in [-0.2, -0.15) is 0 Å². The van der Waals surface area contributed by atoms with Crippen molar-refractivity contribution < 1.29 is 0 Å². The molecule has 0 N–H and O–H groups in total. The van der Waals surface area contributed by atoms with E-state index in [0.29, 0.717) is 0 Å². The minimum Gasteiger partial charge on any atom is -0.309 e. The Labute approximate surface area is 337 Å². The first-order valence-corrected chi connectivity index (χ1v) is 20.1. The number of aliphatic imine (C=N–C) groups is 2. The number of nitrogens with zero attached hydrogens (tertiary/aromatic N) is 3. The van der Waals surface area contributed by atoms with Crippen molar-refractivity contribution in [1.29, 1.82) is 0 Å². The van der Waals surface area contributed by atoms with Crippen molar-refractivity contribution in [2.45, 2.75) is 19.8 Å². The third-order valence-corrected chi connectivity index (χ3v) is 11.9. The van der Waals surface area contributed by atoms with E-state index in [-0.39, 0.29) is 0 Å². The normalized spacial score (nSPS) is 16.6. The van der Waals surface area contributed by atoms with Crippen LogP contribution in [0, 0.1) is 0 Å². The van der Waals surface area contributed by atoms with Gasteiger partial charge in [-0.15, -0.1) is 0 Å². The first kappa shape index (κ1) is 33.9. The standard InChI is InChI=1S/C55H39N3/c1-36-28-32-50(37-16-5-2-6-17-37)56-55(57-54(36)38-18-7-3-8-19-38)47-26-15-25-46-43-23-12-11-22-42(43)44-31-29-39(35-49(44)53(46)47)40-30-33-52-48(34-40)45-24-13-14-27-51(45)58(52)41-20-9-4-10-21-41/h2-27,29-31,33-35H,28,32H2,1H3/b54-36-,56-50+,57-55-. The van der Waals surface area contributed by atoms with Crippen molar-refractivity contribution in [3.8, 4) is 16.8 Å². The molecule has 3 nitrogen and oxygen atoms in total. The average Bonchev–Trinajstić information content (AvgIpc) is 3.62. The minimum absolute atomic E-state index is 0.736. The van der Waals surface area contributed by atoms with Crippen LogP contribution in [0.25, 0.3) is 76.6 Å². The molecule has 3 heteroatoms. The van der Waals surface area contributed by atoms with Crippen molar-refractivity contribution in [1.82, 2.24) is 4.57 Å². The zero-order valence-corrected chi connectivity index (χ0v) is 32.2. The van der Waals surface area contributed by atoms with Crippen LogP contribution < -0.4 is 0 Å². The van der Waals surface area contributed by atoms with Gasteiger partial charge in [0.1, 0.15) is 0 Å². The van der Waals surface area contributed by atoms with E-state index < -0.39 is 0 Å². The zero-order chi connectivity index (χ0) is 38.6. The van der Waals surface area contributed by atoms with Crippen LogP contribution in [0.15, 0.2) is 210 Å². The molecule has 0 atom stereocenters. The number of fused-ring (bicyclic) bond motifs is 9. The minimum atomic E-state index is 0.736.